The van der Waals surface area contributed by atoms with Crippen LogP contribution in [0.2, 0.25) is 0 Å². The lowest BCUT2D eigenvalue weighted by atomic mass is 10.1. The highest BCUT2D eigenvalue weighted by molar-refractivity contribution is 5.97. The van der Waals surface area contributed by atoms with Gasteiger partial charge in [-0.1, -0.05) is 6.07 Å². The highest BCUT2D eigenvalue weighted by atomic mass is 19.1. The molecule has 1 aromatic rings. The lowest BCUT2D eigenvalue weighted by Gasteiger charge is -2.06. The smallest absolute Gasteiger partial charge is 0.194 e. The van der Waals surface area contributed by atoms with Crippen LogP contribution in [-0.4, -0.2) is 45.9 Å². The number of carbonyl (C=O) groups is 1. The van der Waals surface area contributed by atoms with E-state index in [-0.39, 0.29) is 19.8 Å². The van der Waals surface area contributed by atoms with Gasteiger partial charge >= 0.3 is 0 Å². The predicted octanol–water partition coefficient (Wildman–Crippen LogP) is 1.83. The topological polar surface area (TPSA) is 44.8 Å². The Kier molecular flexibility index (Phi) is 7.17. The van der Waals surface area contributed by atoms with Crippen LogP contribution in [-0.2, 0) is 14.2 Å². The predicted molar refractivity (Wildman–Crippen MR) is 64.2 cm³/mol. The van der Waals surface area contributed by atoms with Crippen molar-refractivity contribution in [2.24, 2.45) is 0 Å². The maximum Gasteiger partial charge on any atom is 0.194 e. The van der Waals surface area contributed by atoms with Crippen LogP contribution in [0, 0.1) is 11.6 Å². The summed E-state index contributed by atoms with van der Waals surface area (Å²) in [5, 5.41) is 0. The Morgan fingerprint density at radius 2 is 1.63 bits per heavy atom. The zero-order valence-electron chi connectivity index (χ0n) is 10.7. The van der Waals surface area contributed by atoms with Crippen LogP contribution in [0.15, 0.2) is 18.2 Å². The summed E-state index contributed by atoms with van der Waals surface area (Å²) in [6.07, 6.45) is 0. The number of Topliss-reactive ketones (excluding diaryl/α,β-unsaturated/α-hetero) is 1. The molecule has 0 bridgehead atoms. The molecule has 0 aromatic heterocycles. The molecule has 0 unspecified atom stereocenters. The van der Waals surface area contributed by atoms with E-state index >= 15 is 0 Å². The maximum atomic E-state index is 13.3. The highest BCUT2D eigenvalue weighted by Gasteiger charge is 2.16. The Morgan fingerprint density at radius 3 is 2.26 bits per heavy atom. The third-order valence-corrected chi connectivity index (χ3v) is 2.28. The second-order valence-corrected chi connectivity index (χ2v) is 3.68. The summed E-state index contributed by atoms with van der Waals surface area (Å²) >= 11 is 0. The summed E-state index contributed by atoms with van der Waals surface area (Å²) in [7, 11) is 1.56. The molecule has 0 aliphatic carbocycles. The van der Waals surface area contributed by atoms with Gasteiger partial charge in [0, 0.05) is 7.11 Å². The van der Waals surface area contributed by atoms with Crippen LogP contribution in [0.25, 0.3) is 0 Å². The zero-order chi connectivity index (χ0) is 14.1. The first-order chi connectivity index (χ1) is 9.16. The maximum absolute atomic E-state index is 13.3. The molecule has 0 N–H and O–H groups in total. The molecule has 1 aromatic carbocycles. The zero-order valence-corrected chi connectivity index (χ0v) is 10.7. The molecule has 0 fully saturated rings. The molecule has 0 heterocycles. The fourth-order valence-corrected chi connectivity index (χ4v) is 1.36. The van der Waals surface area contributed by atoms with Gasteiger partial charge < -0.3 is 14.2 Å². The van der Waals surface area contributed by atoms with Crippen molar-refractivity contribution in [3.05, 3.63) is 35.4 Å². The van der Waals surface area contributed by atoms with E-state index < -0.39 is 23.0 Å². The number of methoxy groups -OCH3 is 1. The van der Waals surface area contributed by atoms with Crippen molar-refractivity contribution in [1.82, 2.24) is 0 Å². The van der Waals surface area contributed by atoms with E-state index in [2.05, 4.69) is 0 Å². The lowest BCUT2D eigenvalue weighted by molar-refractivity contribution is 0.0251. The number of ether oxygens (including phenoxy) is 3. The SMILES string of the molecule is COCCOCCOCC(=O)c1c(F)cccc1F. The fraction of sp³-hybridized carbons (Fsp3) is 0.462. The first-order valence-corrected chi connectivity index (χ1v) is 5.78. The van der Waals surface area contributed by atoms with Crippen molar-refractivity contribution >= 4 is 5.78 Å². The molecule has 0 saturated heterocycles. The van der Waals surface area contributed by atoms with Gasteiger partial charge in [-0.15, -0.1) is 0 Å². The first kappa shape index (κ1) is 15.7. The molecular weight excluding hydrogens is 258 g/mol. The van der Waals surface area contributed by atoms with Crippen LogP contribution in [0.4, 0.5) is 8.78 Å². The van der Waals surface area contributed by atoms with Crippen LogP contribution in [0.5, 0.6) is 0 Å². The summed E-state index contributed by atoms with van der Waals surface area (Å²) in [6, 6.07) is 3.26. The van der Waals surface area contributed by atoms with E-state index in [0.29, 0.717) is 13.2 Å². The quantitative estimate of drug-likeness (QED) is 0.509. The average Bonchev–Trinajstić information content (AvgIpc) is 2.37. The monoisotopic (exact) mass is 274 g/mol. The number of halogens is 2. The normalized spacial score (nSPS) is 10.7. The Hall–Kier alpha value is -1.37. The van der Waals surface area contributed by atoms with Crippen molar-refractivity contribution in [2.45, 2.75) is 0 Å². The van der Waals surface area contributed by atoms with Gasteiger partial charge in [-0.2, -0.15) is 0 Å². The van der Waals surface area contributed by atoms with Crippen LogP contribution >= 0.6 is 0 Å². The van der Waals surface area contributed by atoms with E-state index in [1.807, 2.05) is 0 Å². The summed E-state index contributed by atoms with van der Waals surface area (Å²) in [5.41, 5.74) is -0.567. The van der Waals surface area contributed by atoms with Gasteiger partial charge in [0.25, 0.3) is 0 Å². The molecule has 0 saturated carbocycles. The third-order valence-electron chi connectivity index (χ3n) is 2.28. The molecule has 4 nitrogen and oxygen atoms in total. The number of rotatable bonds is 9. The van der Waals surface area contributed by atoms with E-state index in [4.69, 9.17) is 14.2 Å². The molecule has 0 aliphatic heterocycles. The average molecular weight is 274 g/mol. The van der Waals surface area contributed by atoms with Gasteiger partial charge in [0.1, 0.15) is 18.2 Å². The second kappa shape index (κ2) is 8.68. The first-order valence-electron chi connectivity index (χ1n) is 5.78. The third kappa shape index (κ3) is 5.42. The van der Waals surface area contributed by atoms with E-state index in [0.717, 1.165) is 12.1 Å². The van der Waals surface area contributed by atoms with Crippen molar-refractivity contribution in [2.75, 3.05) is 40.1 Å². The molecule has 0 atom stereocenters. The fourth-order valence-electron chi connectivity index (χ4n) is 1.36. The summed E-state index contributed by atoms with van der Waals surface area (Å²) in [4.78, 5) is 11.6. The van der Waals surface area contributed by atoms with Crippen molar-refractivity contribution < 1.29 is 27.8 Å². The molecule has 0 amide bonds. The molecule has 0 spiro atoms. The van der Waals surface area contributed by atoms with Crippen molar-refractivity contribution in [1.29, 1.82) is 0 Å². The van der Waals surface area contributed by atoms with Gasteiger partial charge in [0.05, 0.1) is 32.0 Å². The Labute approximate surface area is 110 Å². The van der Waals surface area contributed by atoms with Crippen LogP contribution < -0.4 is 0 Å². The Balaban J connectivity index is 2.28. The number of carbonyl (C=O) groups excluding carboxylic acids is 1. The van der Waals surface area contributed by atoms with Crippen molar-refractivity contribution in [3.8, 4) is 0 Å². The standard InChI is InChI=1S/C13H16F2O4/c1-17-5-6-18-7-8-19-9-12(16)13-10(14)3-2-4-11(13)15/h2-4H,5-9H2,1H3. The summed E-state index contributed by atoms with van der Waals surface area (Å²) in [6.45, 7) is 0.975. The Morgan fingerprint density at radius 1 is 1.05 bits per heavy atom. The lowest BCUT2D eigenvalue weighted by Crippen LogP contribution is -2.16. The summed E-state index contributed by atoms with van der Waals surface area (Å²) < 4.78 is 41.4. The van der Waals surface area contributed by atoms with Gasteiger partial charge in [0.15, 0.2) is 5.78 Å². The number of benzene rings is 1. The Bertz CT molecular complexity index is 389. The van der Waals surface area contributed by atoms with Crippen LogP contribution in [0.3, 0.4) is 0 Å². The largest absolute Gasteiger partial charge is 0.382 e. The number of ketones is 1. The summed E-state index contributed by atoms with van der Waals surface area (Å²) in [5.74, 6) is -2.50. The second-order valence-electron chi connectivity index (χ2n) is 3.68. The molecule has 106 valence electrons. The number of hydrogen-bond acceptors (Lipinski definition) is 4. The molecule has 6 heteroatoms. The van der Waals surface area contributed by atoms with Crippen LogP contribution in [0.1, 0.15) is 10.4 Å². The minimum absolute atomic E-state index is 0.172. The van der Waals surface area contributed by atoms with Gasteiger partial charge in [-0.05, 0) is 12.1 Å². The number of hydrogen-bond donors (Lipinski definition) is 0. The molecular formula is C13H16F2O4. The van der Waals surface area contributed by atoms with E-state index in [1.165, 1.54) is 6.07 Å². The minimum atomic E-state index is -0.884. The van der Waals surface area contributed by atoms with Crippen molar-refractivity contribution in [3.63, 3.8) is 0 Å². The molecule has 0 radical (unpaired) electrons. The van der Waals surface area contributed by atoms with E-state index in [9.17, 15) is 13.6 Å². The van der Waals surface area contributed by atoms with Gasteiger partial charge in [-0.25, -0.2) is 8.78 Å². The highest BCUT2D eigenvalue weighted by Crippen LogP contribution is 2.12. The van der Waals surface area contributed by atoms with Gasteiger partial charge in [-0.3, -0.25) is 4.79 Å². The molecule has 0 aliphatic rings. The molecule has 19 heavy (non-hydrogen) atoms. The minimum Gasteiger partial charge on any atom is -0.382 e. The van der Waals surface area contributed by atoms with Gasteiger partial charge in [0.2, 0.25) is 0 Å². The van der Waals surface area contributed by atoms with E-state index in [1.54, 1.807) is 7.11 Å². The molecule has 1 rings (SSSR count).